The maximum absolute atomic E-state index is 12.8. The van der Waals surface area contributed by atoms with Crippen molar-refractivity contribution in [2.45, 2.75) is 44.6 Å². The Kier molecular flexibility index (Phi) is 7.55. The number of hydrogen-bond acceptors (Lipinski definition) is 5. The Morgan fingerprint density at radius 3 is 2.65 bits per heavy atom. The quantitative estimate of drug-likeness (QED) is 0.612. The molecule has 2 aliphatic heterocycles. The second-order valence-corrected chi connectivity index (χ2v) is 9.10. The lowest BCUT2D eigenvalue weighted by Gasteiger charge is -2.42. The molecule has 8 nitrogen and oxygen atoms in total. The highest BCUT2D eigenvalue weighted by molar-refractivity contribution is 5.79. The highest BCUT2D eigenvalue weighted by Crippen LogP contribution is 2.35. The van der Waals surface area contributed by atoms with Crippen LogP contribution < -0.4 is 20.3 Å². The highest BCUT2D eigenvalue weighted by Gasteiger charge is 2.35. The first-order valence-electron chi connectivity index (χ1n) is 11.9. The number of carbonyl (C=O) groups excluding carboxylic acids is 2. The molecule has 1 saturated heterocycles. The van der Waals surface area contributed by atoms with E-state index < -0.39 is 0 Å². The highest BCUT2D eigenvalue weighted by atomic mass is 16.5. The number of rotatable bonds is 9. The van der Waals surface area contributed by atoms with Crippen LogP contribution in [0.5, 0.6) is 11.5 Å². The van der Waals surface area contributed by atoms with Crippen LogP contribution in [0.1, 0.15) is 42.9 Å². The third-order valence-electron chi connectivity index (χ3n) is 6.83. The van der Waals surface area contributed by atoms with Crippen LogP contribution in [0.3, 0.4) is 0 Å². The summed E-state index contributed by atoms with van der Waals surface area (Å²) in [7, 11) is 3.20. The fourth-order valence-electron chi connectivity index (χ4n) is 5.23. The number of carbonyl (C=O) groups is 2. The van der Waals surface area contributed by atoms with Crippen LogP contribution in [-0.4, -0.2) is 55.1 Å². The van der Waals surface area contributed by atoms with Crippen LogP contribution >= 0.6 is 0 Å². The Balaban J connectivity index is 1.21. The van der Waals surface area contributed by atoms with Crippen LogP contribution in [0, 0.1) is 5.92 Å². The molecule has 2 amide bonds. The molecule has 0 saturated carbocycles. The van der Waals surface area contributed by atoms with Gasteiger partial charge in [-0.05, 0) is 42.9 Å². The van der Waals surface area contributed by atoms with Gasteiger partial charge in [0.1, 0.15) is 0 Å². The Morgan fingerprint density at radius 2 is 1.85 bits per heavy atom. The van der Waals surface area contributed by atoms with Crippen LogP contribution in [0.25, 0.3) is 0 Å². The number of benzene rings is 1. The number of nitrogens with one attached hydrogen (secondary N) is 1. The Labute approximate surface area is 199 Å². The van der Waals surface area contributed by atoms with E-state index >= 15 is 0 Å². The van der Waals surface area contributed by atoms with Gasteiger partial charge in [-0.15, -0.1) is 0 Å². The average Bonchev–Trinajstić information content (AvgIpc) is 2.84. The van der Waals surface area contributed by atoms with Gasteiger partial charge in [-0.2, -0.15) is 0 Å². The number of aromatic nitrogens is 1. The molecule has 2 aromatic rings. The van der Waals surface area contributed by atoms with Crippen molar-refractivity contribution in [2.24, 2.45) is 5.92 Å². The minimum atomic E-state index is -0.0570. The van der Waals surface area contributed by atoms with Gasteiger partial charge in [-0.1, -0.05) is 18.2 Å². The smallest absolute Gasteiger partial charge is 0.250 e. The number of para-hydroxylation sites is 1. The first-order chi connectivity index (χ1) is 16.5. The molecule has 182 valence electrons. The fourth-order valence-corrected chi connectivity index (χ4v) is 5.23. The van der Waals surface area contributed by atoms with Gasteiger partial charge in [0, 0.05) is 56.7 Å². The van der Waals surface area contributed by atoms with E-state index in [1.54, 1.807) is 26.4 Å². The lowest BCUT2D eigenvalue weighted by Crippen LogP contribution is -2.49. The summed E-state index contributed by atoms with van der Waals surface area (Å²) in [6, 6.07) is 11.1. The number of amides is 2. The van der Waals surface area contributed by atoms with Gasteiger partial charge in [0.2, 0.25) is 11.8 Å². The summed E-state index contributed by atoms with van der Waals surface area (Å²) in [6.07, 6.45) is 2.85. The second-order valence-electron chi connectivity index (χ2n) is 9.10. The molecule has 8 heteroatoms. The van der Waals surface area contributed by atoms with Crippen molar-refractivity contribution in [1.82, 2.24) is 14.8 Å². The summed E-state index contributed by atoms with van der Waals surface area (Å²) in [5, 5.41) is 2.93. The SMILES string of the molecule is COc1cccc(CCNC(=O)CCCC(=O)N2C[C@H]3C[C@H](C2)c2cccc(=O)n2C3)c1OC. The number of hydrogen-bond donors (Lipinski definition) is 1. The van der Waals surface area contributed by atoms with Crippen LogP contribution in [0.2, 0.25) is 0 Å². The maximum atomic E-state index is 12.8. The minimum Gasteiger partial charge on any atom is -0.493 e. The Morgan fingerprint density at radius 1 is 1.03 bits per heavy atom. The average molecular weight is 468 g/mol. The van der Waals surface area contributed by atoms with Crippen molar-refractivity contribution in [3.05, 3.63) is 58.0 Å². The third kappa shape index (κ3) is 5.26. The molecule has 2 atom stereocenters. The summed E-state index contributed by atoms with van der Waals surface area (Å²) in [4.78, 5) is 39.2. The van der Waals surface area contributed by atoms with Gasteiger partial charge in [-0.25, -0.2) is 0 Å². The van der Waals surface area contributed by atoms with Crippen molar-refractivity contribution in [2.75, 3.05) is 33.9 Å². The second kappa shape index (κ2) is 10.8. The van der Waals surface area contributed by atoms with E-state index in [1.165, 1.54) is 0 Å². The van der Waals surface area contributed by atoms with Crippen LogP contribution in [0.4, 0.5) is 0 Å². The monoisotopic (exact) mass is 467 g/mol. The predicted molar refractivity (Wildman–Crippen MR) is 128 cm³/mol. The van der Waals surface area contributed by atoms with E-state index in [4.69, 9.17) is 9.47 Å². The zero-order valence-corrected chi connectivity index (χ0v) is 19.9. The van der Waals surface area contributed by atoms with Crippen molar-refractivity contribution in [3.8, 4) is 11.5 Å². The number of methoxy groups -OCH3 is 2. The van der Waals surface area contributed by atoms with E-state index in [1.807, 2.05) is 33.7 Å². The van der Waals surface area contributed by atoms with Gasteiger partial charge in [0.15, 0.2) is 11.5 Å². The van der Waals surface area contributed by atoms with Gasteiger partial charge >= 0.3 is 0 Å². The molecule has 3 heterocycles. The number of ether oxygens (including phenoxy) is 2. The number of pyridine rings is 1. The molecule has 0 spiro atoms. The molecule has 1 fully saturated rings. The molecule has 2 aliphatic rings. The summed E-state index contributed by atoms with van der Waals surface area (Å²) in [6.45, 7) is 2.50. The molecular weight excluding hydrogens is 434 g/mol. The fraction of sp³-hybridized carbons (Fsp3) is 0.500. The summed E-state index contributed by atoms with van der Waals surface area (Å²) in [5.41, 5.74) is 2.05. The topological polar surface area (TPSA) is 89.9 Å². The number of nitrogens with zero attached hydrogens (tertiary/aromatic N) is 2. The summed E-state index contributed by atoms with van der Waals surface area (Å²) in [5.74, 6) is 1.91. The molecule has 0 aliphatic carbocycles. The predicted octanol–water partition coefficient (Wildman–Crippen LogP) is 2.34. The molecular formula is C26H33N3O5. The molecule has 1 aromatic carbocycles. The van der Waals surface area contributed by atoms with Crippen LogP contribution in [0.15, 0.2) is 41.2 Å². The van der Waals surface area contributed by atoms with E-state index in [-0.39, 0.29) is 23.3 Å². The molecule has 4 rings (SSSR count). The molecule has 1 N–H and O–H groups in total. The van der Waals surface area contributed by atoms with Crippen molar-refractivity contribution in [1.29, 1.82) is 0 Å². The Hall–Kier alpha value is -3.29. The van der Waals surface area contributed by atoms with E-state index in [0.717, 1.165) is 17.7 Å². The number of likely N-dealkylation sites (tertiary alicyclic amines) is 1. The molecule has 2 bridgehead atoms. The maximum Gasteiger partial charge on any atom is 0.250 e. The standard InChI is InChI=1S/C26H33N3O5/c1-33-22-8-3-6-19(26(22)34-2)12-13-27-23(30)9-5-10-24(31)28-15-18-14-20(17-28)21-7-4-11-25(32)29(21)16-18/h3-4,6-8,11,18,20H,5,9-10,12-17H2,1-2H3,(H,27,30)/t18-,20-/m1/s1. The van der Waals surface area contributed by atoms with Crippen LogP contribution in [-0.2, 0) is 22.6 Å². The lowest BCUT2D eigenvalue weighted by atomic mass is 9.83. The molecule has 0 unspecified atom stereocenters. The molecule has 0 radical (unpaired) electrons. The van der Waals surface area contributed by atoms with Crippen molar-refractivity contribution >= 4 is 11.8 Å². The summed E-state index contributed by atoms with van der Waals surface area (Å²) < 4.78 is 12.6. The number of piperidine rings is 1. The van der Waals surface area contributed by atoms with Gasteiger partial charge in [0.25, 0.3) is 5.56 Å². The Bertz CT molecular complexity index is 1100. The van der Waals surface area contributed by atoms with Crippen molar-refractivity contribution in [3.63, 3.8) is 0 Å². The van der Waals surface area contributed by atoms with Crippen molar-refractivity contribution < 1.29 is 19.1 Å². The summed E-state index contributed by atoms with van der Waals surface area (Å²) >= 11 is 0. The van der Waals surface area contributed by atoms with E-state index in [9.17, 15) is 14.4 Å². The third-order valence-corrected chi connectivity index (χ3v) is 6.83. The molecule has 34 heavy (non-hydrogen) atoms. The zero-order valence-electron chi connectivity index (χ0n) is 19.9. The van der Waals surface area contributed by atoms with E-state index in [0.29, 0.717) is 69.3 Å². The zero-order chi connectivity index (χ0) is 24.1. The normalized spacial score (nSPS) is 18.7. The largest absolute Gasteiger partial charge is 0.493 e. The first-order valence-corrected chi connectivity index (χ1v) is 11.9. The lowest BCUT2D eigenvalue weighted by molar-refractivity contribution is -0.134. The minimum absolute atomic E-state index is 0.0443. The molecule has 1 aromatic heterocycles. The first kappa shape index (κ1) is 23.9. The number of fused-ring (bicyclic) bond motifs is 4. The van der Waals surface area contributed by atoms with Gasteiger partial charge < -0.3 is 24.3 Å². The van der Waals surface area contributed by atoms with E-state index in [2.05, 4.69) is 5.32 Å². The van der Waals surface area contributed by atoms with Gasteiger partial charge in [0.05, 0.1) is 14.2 Å². The van der Waals surface area contributed by atoms with Gasteiger partial charge in [-0.3, -0.25) is 14.4 Å².